The van der Waals surface area contributed by atoms with Gasteiger partial charge in [0.2, 0.25) is 5.91 Å². The van der Waals surface area contributed by atoms with Crippen LogP contribution in [0.25, 0.3) is 0 Å². The second kappa shape index (κ2) is 8.32. The summed E-state index contributed by atoms with van der Waals surface area (Å²) >= 11 is 3.38. The lowest BCUT2D eigenvalue weighted by Gasteiger charge is -2.23. The Morgan fingerprint density at radius 3 is 2.19 bits per heavy atom. The minimum atomic E-state index is -0.0309. The van der Waals surface area contributed by atoms with E-state index in [1.54, 1.807) is 22.7 Å². The molecular formula is C16H22N2OS2. The van der Waals surface area contributed by atoms with Crippen molar-refractivity contribution in [2.45, 2.75) is 45.3 Å². The Morgan fingerprint density at radius 2 is 1.76 bits per heavy atom. The number of rotatable bonds is 8. The van der Waals surface area contributed by atoms with Crippen molar-refractivity contribution in [2.75, 3.05) is 0 Å². The smallest absolute Gasteiger partial charge is 0.224 e. The van der Waals surface area contributed by atoms with E-state index in [0.29, 0.717) is 19.5 Å². The maximum atomic E-state index is 12.5. The van der Waals surface area contributed by atoms with Crippen molar-refractivity contribution in [1.82, 2.24) is 4.90 Å². The van der Waals surface area contributed by atoms with Gasteiger partial charge in [0.15, 0.2) is 0 Å². The first kappa shape index (κ1) is 16.2. The van der Waals surface area contributed by atoms with Crippen LogP contribution in [0.3, 0.4) is 0 Å². The van der Waals surface area contributed by atoms with E-state index < -0.39 is 0 Å². The molecule has 0 spiro atoms. The summed E-state index contributed by atoms with van der Waals surface area (Å²) in [6, 6.07) is 8.17. The first-order valence-corrected chi connectivity index (χ1v) is 9.03. The van der Waals surface area contributed by atoms with Gasteiger partial charge < -0.3 is 10.6 Å². The first-order chi connectivity index (χ1) is 10.2. The molecule has 2 rings (SSSR count). The molecule has 0 aromatic carbocycles. The summed E-state index contributed by atoms with van der Waals surface area (Å²) in [6.45, 7) is 3.44. The highest BCUT2D eigenvalue weighted by atomic mass is 32.1. The number of carbonyl (C=O) groups excluding carboxylic acids is 1. The predicted molar refractivity (Wildman–Crippen MR) is 90.4 cm³/mol. The molecule has 0 fully saturated rings. The Bertz CT molecular complexity index is 486. The van der Waals surface area contributed by atoms with Gasteiger partial charge in [-0.1, -0.05) is 25.5 Å². The summed E-state index contributed by atoms with van der Waals surface area (Å²) in [5.41, 5.74) is 6.03. The standard InChI is InChI=1S/C16H22N2OS2/c1-2-5-13(17)10-16(19)18(11-14-6-3-8-20-14)12-15-7-4-9-21-15/h3-4,6-9,13H,2,5,10-12,17H2,1H3. The van der Waals surface area contributed by atoms with Crippen LogP contribution in [0.15, 0.2) is 35.0 Å². The number of thiophene rings is 2. The fourth-order valence-electron chi connectivity index (χ4n) is 2.24. The molecule has 2 N–H and O–H groups in total. The molecule has 0 saturated heterocycles. The van der Waals surface area contributed by atoms with E-state index in [2.05, 4.69) is 19.1 Å². The minimum Gasteiger partial charge on any atom is -0.332 e. The van der Waals surface area contributed by atoms with Crippen LogP contribution in [0.1, 0.15) is 35.9 Å². The third-order valence-corrected chi connectivity index (χ3v) is 5.02. The zero-order chi connectivity index (χ0) is 15.1. The number of nitrogens with two attached hydrogens (primary N) is 1. The molecule has 1 unspecified atom stereocenters. The molecule has 0 radical (unpaired) electrons. The third-order valence-electron chi connectivity index (χ3n) is 3.30. The quantitative estimate of drug-likeness (QED) is 0.802. The van der Waals surface area contributed by atoms with Crippen molar-refractivity contribution in [3.05, 3.63) is 44.8 Å². The van der Waals surface area contributed by atoms with E-state index in [9.17, 15) is 4.79 Å². The largest absolute Gasteiger partial charge is 0.332 e. The summed E-state index contributed by atoms with van der Waals surface area (Å²) in [5.74, 6) is 0.151. The Balaban J connectivity index is 2.01. The van der Waals surface area contributed by atoms with Crippen LogP contribution in [0.2, 0.25) is 0 Å². The average Bonchev–Trinajstić information content (AvgIpc) is 3.11. The highest BCUT2D eigenvalue weighted by molar-refractivity contribution is 7.10. The van der Waals surface area contributed by atoms with Gasteiger partial charge in [0.05, 0.1) is 13.1 Å². The Morgan fingerprint density at radius 1 is 1.19 bits per heavy atom. The van der Waals surface area contributed by atoms with Crippen molar-refractivity contribution >= 4 is 28.6 Å². The summed E-state index contributed by atoms with van der Waals surface area (Å²) in [7, 11) is 0. The van der Waals surface area contributed by atoms with E-state index in [1.165, 1.54) is 9.75 Å². The van der Waals surface area contributed by atoms with Gasteiger partial charge >= 0.3 is 0 Å². The summed E-state index contributed by atoms with van der Waals surface area (Å²) in [6.07, 6.45) is 2.35. The van der Waals surface area contributed by atoms with E-state index >= 15 is 0 Å². The maximum absolute atomic E-state index is 12.5. The molecule has 21 heavy (non-hydrogen) atoms. The molecule has 2 aromatic heterocycles. The molecule has 0 aliphatic rings. The molecule has 0 bridgehead atoms. The normalized spacial score (nSPS) is 12.3. The van der Waals surface area contributed by atoms with E-state index in [1.807, 2.05) is 27.8 Å². The van der Waals surface area contributed by atoms with Gasteiger partial charge in [-0.2, -0.15) is 0 Å². The van der Waals surface area contributed by atoms with E-state index in [0.717, 1.165) is 12.8 Å². The van der Waals surface area contributed by atoms with Crippen LogP contribution >= 0.6 is 22.7 Å². The zero-order valence-electron chi connectivity index (χ0n) is 12.3. The lowest BCUT2D eigenvalue weighted by Crippen LogP contribution is -2.34. The molecule has 2 aromatic rings. The molecule has 0 aliphatic carbocycles. The van der Waals surface area contributed by atoms with Gasteiger partial charge in [0, 0.05) is 22.2 Å². The van der Waals surface area contributed by atoms with Crippen LogP contribution in [0.4, 0.5) is 0 Å². The van der Waals surface area contributed by atoms with Crippen molar-refractivity contribution in [3.8, 4) is 0 Å². The van der Waals surface area contributed by atoms with Crippen molar-refractivity contribution in [3.63, 3.8) is 0 Å². The third kappa shape index (κ3) is 5.26. The fourth-order valence-corrected chi connectivity index (χ4v) is 3.68. The van der Waals surface area contributed by atoms with Gasteiger partial charge in [-0.15, -0.1) is 22.7 Å². The summed E-state index contributed by atoms with van der Waals surface area (Å²) < 4.78 is 0. The SMILES string of the molecule is CCCC(N)CC(=O)N(Cc1cccs1)Cc1cccs1. The van der Waals surface area contributed by atoms with Gasteiger partial charge in [0.1, 0.15) is 0 Å². The summed E-state index contributed by atoms with van der Waals surface area (Å²) in [5, 5.41) is 4.10. The number of hydrogen-bond donors (Lipinski definition) is 1. The monoisotopic (exact) mass is 322 g/mol. The zero-order valence-corrected chi connectivity index (χ0v) is 14.0. The van der Waals surface area contributed by atoms with Gasteiger partial charge in [-0.25, -0.2) is 0 Å². The second-order valence-corrected chi connectivity index (χ2v) is 7.23. The molecule has 0 aliphatic heterocycles. The number of hydrogen-bond acceptors (Lipinski definition) is 4. The lowest BCUT2D eigenvalue weighted by molar-refractivity contribution is -0.132. The van der Waals surface area contributed by atoms with Crippen LogP contribution in [0.5, 0.6) is 0 Å². The molecule has 5 heteroatoms. The molecule has 2 heterocycles. The van der Waals surface area contributed by atoms with Crippen molar-refractivity contribution in [2.24, 2.45) is 5.73 Å². The molecule has 1 atom stereocenters. The fraction of sp³-hybridized carbons (Fsp3) is 0.438. The predicted octanol–water partition coefficient (Wildman–Crippen LogP) is 3.86. The van der Waals surface area contributed by atoms with Gasteiger partial charge in [-0.3, -0.25) is 4.79 Å². The average molecular weight is 322 g/mol. The topological polar surface area (TPSA) is 46.3 Å². The molecule has 114 valence electrons. The maximum Gasteiger partial charge on any atom is 0.224 e. The van der Waals surface area contributed by atoms with E-state index in [4.69, 9.17) is 5.73 Å². The highest BCUT2D eigenvalue weighted by Gasteiger charge is 2.18. The Kier molecular flexibility index (Phi) is 6.42. The molecule has 1 amide bonds. The summed E-state index contributed by atoms with van der Waals surface area (Å²) in [4.78, 5) is 16.9. The first-order valence-electron chi connectivity index (χ1n) is 7.27. The number of amides is 1. The van der Waals surface area contributed by atoms with Gasteiger partial charge in [0.25, 0.3) is 0 Å². The lowest BCUT2D eigenvalue weighted by atomic mass is 10.1. The minimum absolute atomic E-state index is 0.0309. The number of carbonyl (C=O) groups is 1. The van der Waals surface area contributed by atoms with Gasteiger partial charge in [-0.05, 0) is 29.3 Å². The van der Waals surface area contributed by atoms with Crippen molar-refractivity contribution < 1.29 is 4.79 Å². The molecule has 3 nitrogen and oxygen atoms in total. The number of nitrogens with zero attached hydrogens (tertiary/aromatic N) is 1. The van der Waals surface area contributed by atoms with Crippen LogP contribution in [0, 0.1) is 0 Å². The molecule has 0 saturated carbocycles. The second-order valence-electron chi connectivity index (χ2n) is 5.16. The molecular weight excluding hydrogens is 300 g/mol. The van der Waals surface area contributed by atoms with E-state index in [-0.39, 0.29) is 11.9 Å². The Hall–Kier alpha value is -1.17. The highest BCUT2D eigenvalue weighted by Crippen LogP contribution is 2.18. The van der Waals surface area contributed by atoms with Crippen LogP contribution in [-0.2, 0) is 17.9 Å². The Labute approximate surface area is 134 Å². The van der Waals surface area contributed by atoms with Crippen molar-refractivity contribution in [1.29, 1.82) is 0 Å². The van der Waals surface area contributed by atoms with Crippen LogP contribution in [-0.4, -0.2) is 16.8 Å². The van der Waals surface area contributed by atoms with Crippen LogP contribution < -0.4 is 5.73 Å².